The molecular formula is H14N4O2Pt+2. The summed E-state index contributed by atoms with van der Waals surface area (Å²) in [7, 11) is 0. The summed E-state index contributed by atoms with van der Waals surface area (Å²) in [4.78, 5) is 0. The fourth-order valence-electron chi connectivity index (χ4n) is 0. The Balaban J connectivity index is 0. The molecule has 0 aliphatic carbocycles. The summed E-state index contributed by atoms with van der Waals surface area (Å²) in [5, 5.41) is 0. The van der Waals surface area contributed by atoms with Crippen molar-refractivity contribution in [3.8, 4) is 0 Å². The first kappa shape index (κ1) is 1540. The molecule has 7 heteroatoms. The Morgan fingerprint density at radius 3 is 0.429 bits per heavy atom. The van der Waals surface area contributed by atoms with Gasteiger partial charge in [0.05, 0.1) is 0 Å². The predicted octanol–water partition coefficient (Wildman–Crippen LogP) is 0.292. The van der Waals surface area contributed by atoms with E-state index in [4.69, 9.17) is 0 Å². The van der Waals surface area contributed by atoms with Gasteiger partial charge in [0.1, 0.15) is 0 Å². The van der Waals surface area contributed by atoms with E-state index in [0.717, 1.165) is 0 Å². The monoisotopic (exact) mass is 297 g/mol. The van der Waals surface area contributed by atoms with Crippen LogP contribution in [0.1, 0.15) is 0 Å². The first-order valence-electron chi connectivity index (χ1n) is 0. The van der Waals surface area contributed by atoms with Crippen molar-refractivity contribution in [2.75, 3.05) is 0 Å². The Morgan fingerprint density at radius 1 is 0.429 bits per heavy atom. The smallest absolute Gasteiger partial charge is 0.870 e. The van der Waals surface area contributed by atoms with Gasteiger partial charge in [0, 0.05) is 0 Å². The van der Waals surface area contributed by atoms with Gasteiger partial charge in [0.15, 0.2) is 0 Å². The second kappa shape index (κ2) is 952. The number of hydrogen-bond donors (Lipinski definition) is 4. The molecule has 0 bridgehead atoms. The van der Waals surface area contributed by atoms with E-state index in [0.29, 0.717) is 0 Å². The Morgan fingerprint density at radius 2 is 0.429 bits per heavy atom. The summed E-state index contributed by atoms with van der Waals surface area (Å²) in [6, 6.07) is 0. The molecule has 0 aromatic carbocycles. The van der Waals surface area contributed by atoms with Gasteiger partial charge < -0.3 is 35.6 Å². The third kappa shape index (κ3) is 635. The Bertz CT molecular complexity index is 9.65. The third-order valence-electron chi connectivity index (χ3n) is 0. The quantitative estimate of drug-likeness (QED) is 0.494. The predicted molar refractivity (Wildman–Crippen MR) is 24.0 cm³/mol. The van der Waals surface area contributed by atoms with Crippen LogP contribution >= 0.6 is 0 Å². The zero-order valence-corrected chi connectivity index (χ0v) is 6.31. The van der Waals surface area contributed by atoms with Gasteiger partial charge >= 0.3 is 21.1 Å². The maximum Gasteiger partial charge on any atom is 4.00 e. The van der Waals surface area contributed by atoms with E-state index >= 15 is 0 Å². The van der Waals surface area contributed by atoms with Crippen LogP contribution < -0.4 is 24.6 Å². The molecule has 0 heterocycles. The molecule has 0 aliphatic heterocycles. The fraction of sp³-hybridized carbons (Fsp3) is 0. The van der Waals surface area contributed by atoms with Crippen molar-refractivity contribution in [3.05, 3.63) is 0 Å². The summed E-state index contributed by atoms with van der Waals surface area (Å²) in [5.74, 6) is 0. The van der Waals surface area contributed by atoms with Crippen molar-refractivity contribution in [1.82, 2.24) is 24.6 Å². The Kier molecular flexibility index (Phi) is 210000. The molecule has 0 radical (unpaired) electrons. The van der Waals surface area contributed by atoms with Crippen molar-refractivity contribution in [2.24, 2.45) is 0 Å². The molecule has 14 N–H and O–H groups in total. The summed E-state index contributed by atoms with van der Waals surface area (Å²) >= 11 is 0. The van der Waals surface area contributed by atoms with Crippen LogP contribution in [-0.2, 0) is 21.1 Å². The van der Waals surface area contributed by atoms with Gasteiger partial charge in [-0.15, -0.1) is 0 Å². The molecule has 0 atom stereocenters. The SMILES string of the molecule is N.N.N.N.[OH-].[OH-].[Pt+4]. The molecule has 7 heavy (non-hydrogen) atoms. The van der Waals surface area contributed by atoms with Crippen molar-refractivity contribution in [2.45, 2.75) is 0 Å². The summed E-state index contributed by atoms with van der Waals surface area (Å²) in [6.45, 7) is 0. The zero-order valence-electron chi connectivity index (χ0n) is 4.04. The molecule has 0 amide bonds. The van der Waals surface area contributed by atoms with Crippen molar-refractivity contribution in [1.29, 1.82) is 0 Å². The largest absolute Gasteiger partial charge is 4.00 e. The molecule has 0 unspecified atom stereocenters. The fourth-order valence-corrected chi connectivity index (χ4v) is 0. The van der Waals surface area contributed by atoms with E-state index < -0.39 is 0 Å². The molecule has 54 valence electrons. The minimum Gasteiger partial charge on any atom is -0.870 e. The van der Waals surface area contributed by atoms with E-state index in [1.54, 1.807) is 0 Å². The Hall–Kier alpha value is 0.448. The van der Waals surface area contributed by atoms with E-state index in [2.05, 4.69) is 0 Å². The van der Waals surface area contributed by atoms with Gasteiger partial charge in [0.2, 0.25) is 0 Å². The maximum absolute atomic E-state index is 0. The van der Waals surface area contributed by atoms with Crippen molar-refractivity contribution < 1.29 is 32.0 Å². The van der Waals surface area contributed by atoms with Crippen LogP contribution in [0.5, 0.6) is 0 Å². The Labute approximate surface area is 57.3 Å². The number of rotatable bonds is 0. The molecule has 0 rings (SSSR count). The van der Waals surface area contributed by atoms with Gasteiger partial charge in [-0.3, -0.25) is 0 Å². The normalized spacial score (nSPS) is 0. The van der Waals surface area contributed by atoms with Crippen LogP contribution in [0, 0.1) is 0 Å². The zero-order chi connectivity index (χ0) is 0. The molecule has 0 aromatic rings. The van der Waals surface area contributed by atoms with E-state index in [1.165, 1.54) is 0 Å². The van der Waals surface area contributed by atoms with E-state index in [9.17, 15) is 0 Å². The van der Waals surface area contributed by atoms with Crippen LogP contribution in [0.4, 0.5) is 0 Å². The van der Waals surface area contributed by atoms with Crippen molar-refractivity contribution >= 4 is 0 Å². The van der Waals surface area contributed by atoms with Gasteiger partial charge in [-0.25, -0.2) is 0 Å². The molecule has 6 nitrogen and oxygen atoms in total. The number of hydrogen-bond acceptors (Lipinski definition) is 6. The third-order valence-corrected chi connectivity index (χ3v) is 0. The molecule has 0 aliphatic rings. The molecular weight excluding hydrogens is 283 g/mol. The average Bonchev–Trinajstić information content (AvgIpc) is 0. The van der Waals surface area contributed by atoms with Gasteiger partial charge in [-0.2, -0.15) is 0 Å². The van der Waals surface area contributed by atoms with Crippen LogP contribution in [0.25, 0.3) is 0 Å². The van der Waals surface area contributed by atoms with Crippen LogP contribution in [-0.4, -0.2) is 11.0 Å². The average molecular weight is 297 g/mol. The summed E-state index contributed by atoms with van der Waals surface area (Å²) in [5.41, 5.74) is 0. The standard InChI is InChI=1S/4H3N.2H2O.Pt/h4*1H3;2*1H2;/q;;;;;;+4/p-2. The summed E-state index contributed by atoms with van der Waals surface area (Å²) in [6.07, 6.45) is 0. The molecule has 0 saturated carbocycles. The second-order valence-electron chi connectivity index (χ2n) is 0. The van der Waals surface area contributed by atoms with Crippen LogP contribution in [0.3, 0.4) is 0 Å². The summed E-state index contributed by atoms with van der Waals surface area (Å²) < 4.78 is 0. The first-order valence-corrected chi connectivity index (χ1v) is 0. The molecule has 0 fully saturated rings. The molecule has 0 aromatic heterocycles. The topological polar surface area (TPSA) is 200 Å². The van der Waals surface area contributed by atoms with E-state index in [-0.39, 0.29) is 56.6 Å². The molecule has 0 saturated heterocycles. The minimum atomic E-state index is 0. The van der Waals surface area contributed by atoms with Gasteiger partial charge in [-0.05, 0) is 0 Å². The van der Waals surface area contributed by atoms with Gasteiger partial charge in [0.25, 0.3) is 0 Å². The molecule has 0 spiro atoms. The van der Waals surface area contributed by atoms with Crippen LogP contribution in [0.15, 0.2) is 0 Å². The maximum atomic E-state index is 0. The first-order chi connectivity index (χ1) is 0. The van der Waals surface area contributed by atoms with Gasteiger partial charge in [-0.1, -0.05) is 0 Å². The van der Waals surface area contributed by atoms with Crippen LogP contribution in [0.2, 0.25) is 0 Å². The van der Waals surface area contributed by atoms with E-state index in [1.807, 2.05) is 0 Å². The van der Waals surface area contributed by atoms with Crippen molar-refractivity contribution in [3.63, 3.8) is 0 Å². The second-order valence-corrected chi connectivity index (χ2v) is 0. The minimum absolute atomic E-state index is 0.